The number of hydrogen-bond donors (Lipinski definition) is 1. The van der Waals surface area contributed by atoms with Crippen LogP contribution in [-0.4, -0.2) is 18.0 Å². The zero-order valence-corrected chi connectivity index (χ0v) is 13.3. The summed E-state index contributed by atoms with van der Waals surface area (Å²) < 4.78 is 0. The second-order valence-electron chi connectivity index (χ2n) is 5.71. The van der Waals surface area contributed by atoms with E-state index in [1.54, 1.807) is 18.2 Å². The van der Waals surface area contributed by atoms with E-state index in [0.717, 1.165) is 25.1 Å². The molecule has 1 aromatic rings. The van der Waals surface area contributed by atoms with Gasteiger partial charge in [0.1, 0.15) is 0 Å². The minimum absolute atomic E-state index is 0.184. The summed E-state index contributed by atoms with van der Waals surface area (Å²) in [5, 5.41) is 14.2. The fourth-order valence-electron chi connectivity index (χ4n) is 2.41. The molecule has 1 unspecified atom stereocenters. The topological polar surface area (TPSA) is 55.2 Å². The Bertz CT molecular complexity index is 421. The molecule has 0 bridgehead atoms. The first-order valence-corrected chi connectivity index (χ1v) is 8.10. The summed E-state index contributed by atoms with van der Waals surface area (Å²) in [6, 6.07) is 6.98. The van der Waals surface area contributed by atoms with Crippen molar-refractivity contribution in [2.45, 2.75) is 58.3 Å². The van der Waals surface area contributed by atoms with Gasteiger partial charge in [0.05, 0.1) is 4.92 Å². The molecule has 4 heteroatoms. The smallest absolute Gasteiger partial charge is 0.269 e. The van der Waals surface area contributed by atoms with Crippen molar-refractivity contribution in [3.8, 4) is 0 Å². The fourth-order valence-corrected chi connectivity index (χ4v) is 2.41. The largest absolute Gasteiger partial charge is 0.317 e. The van der Waals surface area contributed by atoms with E-state index in [1.807, 2.05) is 6.07 Å². The van der Waals surface area contributed by atoms with Crippen molar-refractivity contribution in [1.82, 2.24) is 5.32 Å². The molecule has 0 fully saturated rings. The molecule has 21 heavy (non-hydrogen) atoms. The predicted octanol–water partition coefficient (Wildman–Crippen LogP) is 4.65. The third-order valence-corrected chi connectivity index (χ3v) is 3.86. The van der Waals surface area contributed by atoms with Gasteiger partial charge < -0.3 is 5.32 Å². The van der Waals surface area contributed by atoms with E-state index in [-0.39, 0.29) is 10.6 Å². The summed E-state index contributed by atoms with van der Waals surface area (Å²) in [6.07, 6.45) is 7.52. The normalized spacial score (nSPS) is 12.3. The van der Waals surface area contributed by atoms with Crippen LogP contribution in [0.2, 0.25) is 0 Å². The Labute approximate surface area is 128 Å². The number of unbranched alkanes of at least 4 members (excludes halogenated alkanes) is 4. The Hall–Kier alpha value is -1.42. The number of rotatable bonds is 11. The number of non-ortho nitro benzene ring substituents is 1. The van der Waals surface area contributed by atoms with Gasteiger partial charge in [0.25, 0.3) is 5.69 Å². The number of hydrogen-bond acceptors (Lipinski definition) is 3. The Morgan fingerprint density at radius 1 is 1.19 bits per heavy atom. The average molecular weight is 292 g/mol. The summed E-state index contributed by atoms with van der Waals surface area (Å²) >= 11 is 0. The van der Waals surface area contributed by atoms with Gasteiger partial charge in [-0.25, -0.2) is 0 Å². The molecule has 118 valence electrons. The van der Waals surface area contributed by atoms with Crippen LogP contribution in [0.3, 0.4) is 0 Å². The maximum Gasteiger partial charge on any atom is 0.269 e. The molecule has 1 N–H and O–H groups in total. The summed E-state index contributed by atoms with van der Waals surface area (Å²) in [6.45, 7) is 6.40. The van der Waals surface area contributed by atoms with Crippen LogP contribution in [0.5, 0.6) is 0 Å². The van der Waals surface area contributed by atoms with Gasteiger partial charge in [-0.2, -0.15) is 0 Å². The third-order valence-electron chi connectivity index (χ3n) is 3.86. The number of benzene rings is 1. The number of nitrogens with zero attached hydrogens (tertiary/aromatic N) is 1. The fraction of sp³-hybridized carbons (Fsp3) is 0.647. The van der Waals surface area contributed by atoms with Gasteiger partial charge in [0, 0.05) is 12.1 Å². The molecule has 0 heterocycles. The lowest BCUT2D eigenvalue weighted by molar-refractivity contribution is -0.384. The maximum atomic E-state index is 10.8. The molecular formula is C17H28N2O2. The molecule has 0 aliphatic carbocycles. The van der Waals surface area contributed by atoms with E-state index in [9.17, 15) is 10.1 Å². The van der Waals surface area contributed by atoms with Gasteiger partial charge in [-0.3, -0.25) is 10.1 Å². The summed E-state index contributed by atoms with van der Waals surface area (Å²) in [5.74, 6) is 0.345. The molecule has 0 aliphatic heterocycles. The van der Waals surface area contributed by atoms with Gasteiger partial charge in [-0.05, 0) is 37.4 Å². The summed E-state index contributed by atoms with van der Waals surface area (Å²) in [5.41, 5.74) is 1.23. The SMILES string of the molecule is CCCCCCCNCCC(C)c1cccc([N+](=O)[O-])c1. The van der Waals surface area contributed by atoms with Gasteiger partial charge in [-0.15, -0.1) is 0 Å². The molecule has 0 saturated heterocycles. The molecule has 4 nitrogen and oxygen atoms in total. The van der Waals surface area contributed by atoms with Crippen LogP contribution in [0.4, 0.5) is 5.69 Å². The minimum Gasteiger partial charge on any atom is -0.317 e. The maximum absolute atomic E-state index is 10.8. The molecule has 0 aliphatic rings. The monoisotopic (exact) mass is 292 g/mol. The van der Waals surface area contributed by atoms with Crippen LogP contribution in [-0.2, 0) is 0 Å². The van der Waals surface area contributed by atoms with Crippen molar-refractivity contribution in [3.05, 3.63) is 39.9 Å². The second kappa shape index (κ2) is 10.3. The van der Waals surface area contributed by atoms with Crippen molar-refractivity contribution >= 4 is 5.69 Å². The zero-order valence-electron chi connectivity index (χ0n) is 13.3. The molecule has 0 saturated carbocycles. The molecule has 0 spiro atoms. The molecular weight excluding hydrogens is 264 g/mol. The van der Waals surface area contributed by atoms with Crippen molar-refractivity contribution in [1.29, 1.82) is 0 Å². The van der Waals surface area contributed by atoms with Gasteiger partial charge in [0.2, 0.25) is 0 Å². The predicted molar refractivity (Wildman–Crippen MR) is 87.8 cm³/mol. The lowest BCUT2D eigenvalue weighted by Gasteiger charge is -2.12. The molecule has 1 atom stereocenters. The van der Waals surface area contributed by atoms with Gasteiger partial charge >= 0.3 is 0 Å². The van der Waals surface area contributed by atoms with Crippen molar-refractivity contribution in [2.24, 2.45) is 0 Å². The van der Waals surface area contributed by atoms with Gasteiger partial charge in [-0.1, -0.05) is 51.7 Å². The molecule has 1 aromatic carbocycles. The highest BCUT2D eigenvalue weighted by atomic mass is 16.6. The first kappa shape index (κ1) is 17.6. The lowest BCUT2D eigenvalue weighted by atomic mass is 9.97. The Balaban J connectivity index is 2.20. The second-order valence-corrected chi connectivity index (χ2v) is 5.71. The van der Waals surface area contributed by atoms with E-state index >= 15 is 0 Å². The van der Waals surface area contributed by atoms with Crippen LogP contribution < -0.4 is 5.32 Å². The van der Waals surface area contributed by atoms with Crippen molar-refractivity contribution < 1.29 is 4.92 Å². The average Bonchev–Trinajstić information content (AvgIpc) is 2.49. The van der Waals surface area contributed by atoms with Crippen LogP contribution in [0.15, 0.2) is 24.3 Å². The summed E-state index contributed by atoms with van der Waals surface area (Å²) in [4.78, 5) is 10.4. The first-order chi connectivity index (χ1) is 10.1. The quantitative estimate of drug-likeness (QED) is 0.367. The lowest BCUT2D eigenvalue weighted by Crippen LogP contribution is -2.18. The minimum atomic E-state index is -0.329. The van der Waals surface area contributed by atoms with E-state index in [0.29, 0.717) is 5.92 Å². The number of nitrogens with one attached hydrogen (secondary N) is 1. The Morgan fingerprint density at radius 3 is 2.67 bits per heavy atom. The van der Waals surface area contributed by atoms with Crippen LogP contribution in [0.25, 0.3) is 0 Å². The van der Waals surface area contributed by atoms with Crippen LogP contribution in [0, 0.1) is 10.1 Å². The zero-order chi connectivity index (χ0) is 15.5. The molecule has 0 aromatic heterocycles. The highest BCUT2D eigenvalue weighted by Crippen LogP contribution is 2.22. The Kier molecular flexibility index (Phi) is 8.67. The third kappa shape index (κ3) is 7.23. The molecule has 1 rings (SSSR count). The standard InChI is InChI=1S/C17H28N2O2/c1-3-4-5-6-7-12-18-13-11-15(2)16-9-8-10-17(14-16)19(20)21/h8-10,14-15,18H,3-7,11-13H2,1-2H3. The van der Waals surface area contributed by atoms with E-state index in [4.69, 9.17) is 0 Å². The molecule has 0 radical (unpaired) electrons. The highest BCUT2D eigenvalue weighted by Gasteiger charge is 2.10. The molecule has 0 amide bonds. The van der Waals surface area contributed by atoms with E-state index < -0.39 is 0 Å². The highest BCUT2D eigenvalue weighted by molar-refractivity contribution is 5.35. The van der Waals surface area contributed by atoms with Crippen molar-refractivity contribution in [2.75, 3.05) is 13.1 Å². The van der Waals surface area contributed by atoms with E-state index in [2.05, 4.69) is 19.2 Å². The van der Waals surface area contributed by atoms with Gasteiger partial charge in [0.15, 0.2) is 0 Å². The number of nitro groups is 1. The van der Waals surface area contributed by atoms with Crippen LogP contribution in [0.1, 0.15) is 63.9 Å². The summed E-state index contributed by atoms with van der Waals surface area (Å²) in [7, 11) is 0. The Morgan fingerprint density at radius 2 is 1.95 bits per heavy atom. The van der Waals surface area contributed by atoms with E-state index in [1.165, 1.54) is 32.1 Å². The van der Waals surface area contributed by atoms with Crippen molar-refractivity contribution in [3.63, 3.8) is 0 Å². The number of nitro benzene ring substituents is 1. The van der Waals surface area contributed by atoms with Crippen LogP contribution >= 0.6 is 0 Å². The first-order valence-electron chi connectivity index (χ1n) is 8.10.